The van der Waals surface area contributed by atoms with Crippen LogP contribution in [-0.2, 0) is 14.3 Å². The van der Waals surface area contributed by atoms with Crippen LogP contribution in [-0.4, -0.2) is 62.5 Å². The van der Waals surface area contributed by atoms with Gasteiger partial charge in [0.2, 0.25) is 5.91 Å². The third kappa shape index (κ3) is 3.46. The van der Waals surface area contributed by atoms with Crippen molar-refractivity contribution in [3.8, 4) is 0 Å². The van der Waals surface area contributed by atoms with Crippen LogP contribution in [0.3, 0.4) is 0 Å². The van der Waals surface area contributed by atoms with Crippen molar-refractivity contribution in [3.05, 3.63) is 23.9 Å². The minimum atomic E-state index is -0.372. The van der Waals surface area contributed by atoms with E-state index in [2.05, 4.69) is 4.98 Å². The van der Waals surface area contributed by atoms with E-state index in [4.69, 9.17) is 9.47 Å². The third-order valence-corrected chi connectivity index (χ3v) is 3.43. The number of ether oxygens (including phenoxy) is 2. The molecule has 0 saturated carbocycles. The number of carbonyl (C=O) groups is 1. The van der Waals surface area contributed by atoms with Gasteiger partial charge in [0.25, 0.3) is 0 Å². The van der Waals surface area contributed by atoms with Crippen LogP contribution in [0.1, 0.15) is 5.56 Å². The van der Waals surface area contributed by atoms with Crippen molar-refractivity contribution in [2.75, 3.05) is 45.3 Å². The first kappa shape index (κ1) is 14.7. The molecule has 2 heterocycles. The van der Waals surface area contributed by atoms with Crippen molar-refractivity contribution in [2.24, 2.45) is 0 Å². The Kier molecular flexibility index (Phi) is 4.92. The van der Waals surface area contributed by atoms with Crippen molar-refractivity contribution >= 4 is 11.7 Å². The van der Waals surface area contributed by atoms with Crippen LogP contribution < -0.4 is 4.90 Å². The fourth-order valence-corrected chi connectivity index (χ4v) is 2.17. The van der Waals surface area contributed by atoms with Crippen LogP contribution in [0.25, 0.3) is 0 Å². The predicted molar refractivity (Wildman–Crippen MR) is 75.6 cm³/mol. The van der Waals surface area contributed by atoms with Gasteiger partial charge in [0.1, 0.15) is 5.82 Å². The molecule has 1 saturated heterocycles. The van der Waals surface area contributed by atoms with Gasteiger partial charge in [-0.05, 0) is 18.6 Å². The summed E-state index contributed by atoms with van der Waals surface area (Å²) in [6.45, 7) is 4.21. The number of carbonyl (C=O) groups excluding carboxylic acids is 1. The SMILES string of the molecule is COC(CN1CCN(c2ccc(C)cn2)CC1=O)OC. The van der Waals surface area contributed by atoms with Gasteiger partial charge in [0.15, 0.2) is 6.29 Å². The van der Waals surface area contributed by atoms with Gasteiger partial charge < -0.3 is 19.3 Å². The van der Waals surface area contributed by atoms with E-state index in [0.717, 1.165) is 17.9 Å². The van der Waals surface area contributed by atoms with Crippen LogP contribution in [0, 0.1) is 6.92 Å². The van der Waals surface area contributed by atoms with Crippen molar-refractivity contribution in [2.45, 2.75) is 13.2 Å². The first-order valence-corrected chi connectivity index (χ1v) is 6.65. The van der Waals surface area contributed by atoms with Gasteiger partial charge in [-0.25, -0.2) is 4.98 Å². The number of anilines is 1. The lowest BCUT2D eigenvalue weighted by atomic mass is 10.2. The molecule has 110 valence electrons. The molecular formula is C14H21N3O3. The second-order valence-electron chi connectivity index (χ2n) is 4.86. The maximum atomic E-state index is 12.2. The highest BCUT2D eigenvalue weighted by Crippen LogP contribution is 2.15. The minimum Gasteiger partial charge on any atom is -0.354 e. The zero-order valence-corrected chi connectivity index (χ0v) is 12.2. The summed E-state index contributed by atoms with van der Waals surface area (Å²) in [5, 5.41) is 0. The van der Waals surface area contributed by atoms with Gasteiger partial charge in [-0.2, -0.15) is 0 Å². The maximum absolute atomic E-state index is 12.2. The van der Waals surface area contributed by atoms with E-state index in [1.165, 1.54) is 0 Å². The predicted octanol–water partition coefficient (Wildman–Crippen LogP) is 0.658. The lowest BCUT2D eigenvalue weighted by Crippen LogP contribution is -2.53. The Morgan fingerprint density at radius 2 is 2.05 bits per heavy atom. The van der Waals surface area contributed by atoms with Crippen molar-refractivity contribution in [3.63, 3.8) is 0 Å². The summed E-state index contributed by atoms with van der Waals surface area (Å²) in [5.41, 5.74) is 1.11. The Morgan fingerprint density at radius 3 is 2.60 bits per heavy atom. The molecule has 0 unspecified atom stereocenters. The smallest absolute Gasteiger partial charge is 0.242 e. The van der Waals surface area contributed by atoms with Gasteiger partial charge in [-0.1, -0.05) is 6.07 Å². The molecule has 1 fully saturated rings. The molecule has 20 heavy (non-hydrogen) atoms. The van der Waals surface area contributed by atoms with Gasteiger partial charge in [-0.3, -0.25) is 4.79 Å². The molecule has 1 amide bonds. The van der Waals surface area contributed by atoms with E-state index in [9.17, 15) is 4.79 Å². The monoisotopic (exact) mass is 279 g/mol. The summed E-state index contributed by atoms with van der Waals surface area (Å²) in [6, 6.07) is 3.95. The summed E-state index contributed by atoms with van der Waals surface area (Å²) in [4.78, 5) is 20.3. The Bertz CT molecular complexity index is 445. The molecule has 0 radical (unpaired) electrons. The lowest BCUT2D eigenvalue weighted by Gasteiger charge is -2.36. The Labute approximate surface area is 119 Å². The number of hydrogen-bond acceptors (Lipinski definition) is 5. The maximum Gasteiger partial charge on any atom is 0.242 e. The van der Waals surface area contributed by atoms with Crippen LogP contribution in [0.5, 0.6) is 0 Å². The number of amides is 1. The van der Waals surface area contributed by atoms with Gasteiger partial charge in [0, 0.05) is 33.5 Å². The molecule has 0 aliphatic carbocycles. The standard InChI is InChI=1S/C14H21N3O3/c1-11-4-5-12(15-8-11)16-6-7-17(13(18)9-16)10-14(19-2)20-3/h4-5,8,14H,6-7,9-10H2,1-3H3. The van der Waals surface area contributed by atoms with Gasteiger partial charge in [0.05, 0.1) is 13.1 Å². The summed E-state index contributed by atoms with van der Waals surface area (Å²) >= 11 is 0. The number of aryl methyl sites for hydroxylation is 1. The average Bonchev–Trinajstić information content (AvgIpc) is 2.47. The number of methoxy groups -OCH3 is 2. The van der Waals surface area contributed by atoms with Gasteiger partial charge >= 0.3 is 0 Å². The largest absolute Gasteiger partial charge is 0.354 e. The molecule has 1 aliphatic rings. The number of rotatable bonds is 5. The fraction of sp³-hybridized carbons (Fsp3) is 0.571. The summed E-state index contributed by atoms with van der Waals surface area (Å²) in [5.74, 6) is 0.913. The number of aromatic nitrogens is 1. The number of nitrogens with zero attached hydrogens (tertiary/aromatic N) is 3. The third-order valence-electron chi connectivity index (χ3n) is 3.43. The fourth-order valence-electron chi connectivity index (χ4n) is 2.17. The van der Waals surface area contributed by atoms with Crippen molar-refractivity contribution in [1.82, 2.24) is 9.88 Å². The highest BCUT2D eigenvalue weighted by molar-refractivity contribution is 5.82. The molecular weight excluding hydrogens is 258 g/mol. The molecule has 1 aromatic rings. The zero-order chi connectivity index (χ0) is 14.5. The van der Waals surface area contributed by atoms with E-state index in [1.807, 2.05) is 30.2 Å². The highest BCUT2D eigenvalue weighted by atomic mass is 16.7. The molecule has 2 rings (SSSR count). The first-order chi connectivity index (χ1) is 9.63. The molecule has 0 bridgehead atoms. The van der Waals surface area contributed by atoms with Crippen LogP contribution in [0.15, 0.2) is 18.3 Å². The van der Waals surface area contributed by atoms with Gasteiger partial charge in [-0.15, -0.1) is 0 Å². The molecule has 0 spiro atoms. The second-order valence-corrected chi connectivity index (χ2v) is 4.86. The molecule has 1 aromatic heterocycles. The quantitative estimate of drug-likeness (QED) is 0.741. The lowest BCUT2D eigenvalue weighted by molar-refractivity contribution is -0.145. The molecule has 0 aromatic carbocycles. The van der Waals surface area contributed by atoms with E-state index in [1.54, 1.807) is 19.1 Å². The zero-order valence-electron chi connectivity index (χ0n) is 12.2. The molecule has 1 aliphatic heterocycles. The number of pyridine rings is 1. The van der Waals surface area contributed by atoms with Crippen LogP contribution >= 0.6 is 0 Å². The van der Waals surface area contributed by atoms with E-state index < -0.39 is 0 Å². The van der Waals surface area contributed by atoms with Crippen LogP contribution in [0.4, 0.5) is 5.82 Å². The van der Waals surface area contributed by atoms with E-state index in [-0.39, 0.29) is 12.2 Å². The number of hydrogen-bond donors (Lipinski definition) is 0. The topological polar surface area (TPSA) is 54.9 Å². The van der Waals surface area contributed by atoms with E-state index in [0.29, 0.717) is 19.6 Å². The molecule has 0 atom stereocenters. The number of piperazine rings is 1. The van der Waals surface area contributed by atoms with Crippen molar-refractivity contribution < 1.29 is 14.3 Å². The minimum absolute atomic E-state index is 0.0673. The van der Waals surface area contributed by atoms with E-state index >= 15 is 0 Å². The molecule has 6 heteroatoms. The first-order valence-electron chi connectivity index (χ1n) is 6.65. The summed E-state index contributed by atoms with van der Waals surface area (Å²) < 4.78 is 10.3. The molecule has 0 N–H and O–H groups in total. The van der Waals surface area contributed by atoms with Crippen molar-refractivity contribution in [1.29, 1.82) is 0 Å². The highest BCUT2D eigenvalue weighted by Gasteiger charge is 2.26. The average molecular weight is 279 g/mol. The normalized spacial score (nSPS) is 16.1. The second kappa shape index (κ2) is 6.67. The summed E-state index contributed by atoms with van der Waals surface area (Å²) in [6.07, 6.45) is 1.45. The Morgan fingerprint density at radius 1 is 1.30 bits per heavy atom. The summed E-state index contributed by atoms with van der Waals surface area (Å²) in [7, 11) is 3.15. The Balaban J connectivity index is 1.95. The Hall–Kier alpha value is -1.66. The molecule has 6 nitrogen and oxygen atoms in total. The van der Waals surface area contributed by atoms with Crippen LogP contribution in [0.2, 0.25) is 0 Å².